The summed E-state index contributed by atoms with van der Waals surface area (Å²) in [7, 11) is 5.16. The van der Waals surface area contributed by atoms with Crippen LogP contribution >= 0.6 is 11.6 Å². The van der Waals surface area contributed by atoms with E-state index in [-0.39, 0.29) is 12.1 Å². The number of methoxy groups -OCH3 is 2. The van der Waals surface area contributed by atoms with Gasteiger partial charge >= 0.3 is 0 Å². The molecule has 1 saturated heterocycles. The largest absolute Gasteiger partial charge is 0.493 e. The highest BCUT2D eigenvalue weighted by Gasteiger charge is 2.27. The van der Waals surface area contributed by atoms with E-state index in [4.69, 9.17) is 25.8 Å². The van der Waals surface area contributed by atoms with Gasteiger partial charge in [-0.05, 0) is 37.9 Å². The molecule has 112 valence electrons. The van der Waals surface area contributed by atoms with E-state index >= 15 is 0 Å². The Morgan fingerprint density at radius 3 is 2.50 bits per heavy atom. The zero-order valence-corrected chi connectivity index (χ0v) is 13.0. The van der Waals surface area contributed by atoms with Gasteiger partial charge in [0.1, 0.15) is 0 Å². The molecule has 0 aliphatic carbocycles. The van der Waals surface area contributed by atoms with E-state index in [1.165, 1.54) is 6.42 Å². The molecule has 4 nitrogen and oxygen atoms in total. The maximum Gasteiger partial charge on any atom is 0.162 e. The minimum atomic E-state index is 0.0580. The lowest BCUT2D eigenvalue weighted by molar-refractivity contribution is -0.00664. The fraction of sp³-hybridized carbons (Fsp3) is 0.600. The number of hydrogen-bond acceptors (Lipinski definition) is 4. The van der Waals surface area contributed by atoms with Crippen molar-refractivity contribution in [2.75, 3.05) is 27.9 Å². The van der Waals surface area contributed by atoms with E-state index in [0.717, 1.165) is 25.0 Å². The molecular weight excluding hydrogens is 278 g/mol. The van der Waals surface area contributed by atoms with Crippen LogP contribution in [-0.4, -0.2) is 34.0 Å². The molecule has 1 aromatic carbocycles. The molecule has 1 aliphatic rings. The van der Waals surface area contributed by atoms with Gasteiger partial charge in [-0.15, -0.1) is 0 Å². The van der Waals surface area contributed by atoms with Gasteiger partial charge in [0.2, 0.25) is 0 Å². The smallest absolute Gasteiger partial charge is 0.162 e. The highest BCUT2D eigenvalue weighted by molar-refractivity contribution is 6.31. The van der Waals surface area contributed by atoms with Crippen LogP contribution in [-0.2, 0) is 4.74 Å². The monoisotopic (exact) mass is 299 g/mol. The van der Waals surface area contributed by atoms with Crippen molar-refractivity contribution in [2.45, 2.75) is 31.4 Å². The summed E-state index contributed by atoms with van der Waals surface area (Å²) < 4.78 is 16.5. The van der Waals surface area contributed by atoms with Crippen LogP contribution in [0.5, 0.6) is 11.5 Å². The molecule has 1 aromatic rings. The molecule has 0 amide bonds. The Bertz CT molecular complexity index is 447. The molecule has 1 fully saturated rings. The third-order valence-corrected chi connectivity index (χ3v) is 4.06. The number of rotatable bonds is 5. The van der Waals surface area contributed by atoms with Crippen LogP contribution in [0.2, 0.25) is 5.02 Å². The number of ether oxygens (including phenoxy) is 3. The van der Waals surface area contributed by atoms with Gasteiger partial charge in [-0.25, -0.2) is 0 Å². The SMILES string of the molecule is CNC(c1cc(OC)c(OC)cc1Cl)C1CCCCO1. The molecule has 0 bridgehead atoms. The summed E-state index contributed by atoms with van der Waals surface area (Å²) in [5, 5.41) is 3.97. The molecule has 20 heavy (non-hydrogen) atoms. The molecule has 2 unspecified atom stereocenters. The predicted octanol–water partition coefficient (Wildman–Crippen LogP) is 3.19. The van der Waals surface area contributed by atoms with E-state index in [9.17, 15) is 0 Å². The fourth-order valence-electron chi connectivity index (χ4n) is 2.68. The maximum atomic E-state index is 6.40. The van der Waals surface area contributed by atoms with Crippen molar-refractivity contribution in [2.24, 2.45) is 0 Å². The molecule has 2 atom stereocenters. The summed E-state index contributed by atoms with van der Waals surface area (Å²) in [5.74, 6) is 1.32. The summed E-state index contributed by atoms with van der Waals surface area (Å²) in [6.45, 7) is 0.813. The highest BCUT2D eigenvalue weighted by Crippen LogP contribution is 2.38. The minimum absolute atomic E-state index is 0.0580. The van der Waals surface area contributed by atoms with Gasteiger partial charge in [-0.3, -0.25) is 0 Å². The quantitative estimate of drug-likeness (QED) is 0.906. The number of halogens is 1. The van der Waals surface area contributed by atoms with Gasteiger partial charge in [-0.2, -0.15) is 0 Å². The van der Waals surface area contributed by atoms with E-state index in [1.807, 2.05) is 13.1 Å². The molecule has 1 aliphatic heterocycles. The van der Waals surface area contributed by atoms with Crippen molar-refractivity contribution >= 4 is 11.6 Å². The molecule has 0 radical (unpaired) electrons. The van der Waals surface area contributed by atoms with Gasteiger partial charge < -0.3 is 19.5 Å². The van der Waals surface area contributed by atoms with Crippen molar-refractivity contribution in [3.8, 4) is 11.5 Å². The molecule has 0 spiro atoms. The number of likely N-dealkylation sites (N-methyl/N-ethyl adjacent to an activating group) is 1. The highest BCUT2D eigenvalue weighted by atomic mass is 35.5. The first-order valence-corrected chi connectivity index (χ1v) is 7.29. The number of benzene rings is 1. The van der Waals surface area contributed by atoms with E-state index in [0.29, 0.717) is 16.5 Å². The third kappa shape index (κ3) is 3.19. The van der Waals surface area contributed by atoms with Crippen LogP contribution in [0.3, 0.4) is 0 Å². The fourth-order valence-corrected chi connectivity index (χ4v) is 2.95. The van der Waals surface area contributed by atoms with Gasteiger partial charge in [0.25, 0.3) is 0 Å². The molecule has 2 rings (SSSR count). The lowest BCUT2D eigenvalue weighted by Crippen LogP contribution is -2.34. The van der Waals surface area contributed by atoms with Crippen LogP contribution in [0.25, 0.3) is 0 Å². The maximum absolute atomic E-state index is 6.40. The predicted molar refractivity (Wildman–Crippen MR) is 79.9 cm³/mol. The van der Waals surface area contributed by atoms with E-state index in [2.05, 4.69) is 5.32 Å². The van der Waals surface area contributed by atoms with Crippen LogP contribution in [0.1, 0.15) is 30.9 Å². The number of hydrogen-bond donors (Lipinski definition) is 1. The summed E-state index contributed by atoms with van der Waals surface area (Å²) in [6.07, 6.45) is 3.50. The van der Waals surface area contributed by atoms with Crippen molar-refractivity contribution in [3.63, 3.8) is 0 Å². The van der Waals surface area contributed by atoms with E-state index < -0.39 is 0 Å². The Balaban J connectivity index is 2.33. The molecule has 1 N–H and O–H groups in total. The summed E-state index contributed by atoms with van der Waals surface area (Å²) in [6, 6.07) is 3.78. The summed E-state index contributed by atoms with van der Waals surface area (Å²) in [5.41, 5.74) is 0.985. The topological polar surface area (TPSA) is 39.7 Å². The van der Waals surface area contributed by atoms with Gasteiger partial charge in [0.05, 0.1) is 26.4 Å². The zero-order chi connectivity index (χ0) is 14.5. The Morgan fingerprint density at radius 1 is 1.25 bits per heavy atom. The molecule has 0 saturated carbocycles. The molecule has 5 heteroatoms. The first-order chi connectivity index (χ1) is 9.71. The molecular formula is C15H22ClNO3. The Kier molecular flexibility index (Phi) is 5.52. The van der Waals surface area contributed by atoms with Gasteiger partial charge in [0.15, 0.2) is 11.5 Å². The lowest BCUT2D eigenvalue weighted by Gasteiger charge is -2.31. The average Bonchev–Trinajstić information content (AvgIpc) is 2.50. The zero-order valence-electron chi connectivity index (χ0n) is 12.2. The van der Waals surface area contributed by atoms with Crippen molar-refractivity contribution < 1.29 is 14.2 Å². The lowest BCUT2D eigenvalue weighted by atomic mass is 9.95. The van der Waals surface area contributed by atoms with Crippen molar-refractivity contribution in [1.29, 1.82) is 0 Å². The normalized spacial score (nSPS) is 20.5. The van der Waals surface area contributed by atoms with Crippen molar-refractivity contribution in [3.05, 3.63) is 22.7 Å². The minimum Gasteiger partial charge on any atom is -0.493 e. The Morgan fingerprint density at radius 2 is 1.95 bits per heavy atom. The molecule has 0 aromatic heterocycles. The second kappa shape index (κ2) is 7.16. The van der Waals surface area contributed by atoms with Crippen LogP contribution in [0.4, 0.5) is 0 Å². The number of nitrogens with one attached hydrogen (secondary N) is 1. The van der Waals surface area contributed by atoms with Crippen LogP contribution in [0, 0.1) is 0 Å². The second-order valence-corrected chi connectivity index (χ2v) is 5.31. The van der Waals surface area contributed by atoms with E-state index in [1.54, 1.807) is 20.3 Å². The van der Waals surface area contributed by atoms with Gasteiger partial charge in [-0.1, -0.05) is 11.6 Å². The van der Waals surface area contributed by atoms with Crippen molar-refractivity contribution in [1.82, 2.24) is 5.32 Å². The Hall–Kier alpha value is -0.970. The van der Waals surface area contributed by atoms with Crippen LogP contribution < -0.4 is 14.8 Å². The Labute approximate surface area is 125 Å². The second-order valence-electron chi connectivity index (χ2n) is 4.90. The summed E-state index contributed by atoms with van der Waals surface area (Å²) in [4.78, 5) is 0. The first-order valence-electron chi connectivity index (χ1n) is 6.91. The van der Waals surface area contributed by atoms with Gasteiger partial charge in [0, 0.05) is 17.7 Å². The first kappa shape index (κ1) is 15.4. The van der Waals surface area contributed by atoms with Crippen LogP contribution in [0.15, 0.2) is 12.1 Å². The standard InChI is InChI=1S/C15H22ClNO3/c1-17-15(12-6-4-5-7-20-12)10-8-13(18-2)14(19-3)9-11(10)16/h8-9,12,15,17H,4-7H2,1-3H3. The summed E-state index contributed by atoms with van der Waals surface area (Å²) >= 11 is 6.40. The average molecular weight is 300 g/mol. The molecule has 1 heterocycles. The third-order valence-electron chi connectivity index (χ3n) is 3.74.